The first kappa shape index (κ1) is 21.2. The molecule has 9 heteroatoms. The maximum Gasteiger partial charge on any atom is 0.167 e. The maximum absolute atomic E-state index is 10.5. The highest BCUT2D eigenvalue weighted by Crippen LogP contribution is 2.37. The van der Waals surface area contributed by atoms with Crippen LogP contribution in [0.1, 0.15) is 34.5 Å². The van der Waals surface area contributed by atoms with E-state index in [4.69, 9.17) is 4.74 Å². The van der Waals surface area contributed by atoms with Crippen molar-refractivity contribution in [2.24, 2.45) is 0 Å². The van der Waals surface area contributed by atoms with Crippen LogP contribution >= 0.6 is 0 Å². The van der Waals surface area contributed by atoms with Crippen molar-refractivity contribution in [2.45, 2.75) is 43.4 Å². The molecule has 1 saturated heterocycles. The van der Waals surface area contributed by atoms with Crippen molar-refractivity contribution >= 4 is 17.0 Å². The zero-order valence-electron chi connectivity index (χ0n) is 18.3. The van der Waals surface area contributed by atoms with E-state index in [2.05, 4.69) is 56.7 Å². The summed E-state index contributed by atoms with van der Waals surface area (Å²) in [4.78, 5) is 13.4. The number of imidazole rings is 1. The number of aryl methyl sites for hydroxylation is 2. The maximum atomic E-state index is 10.5. The van der Waals surface area contributed by atoms with Crippen LogP contribution in [0.3, 0.4) is 0 Å². The summed E-state index contributed by atoms with van der Waals surface area (Å²) in [7, 11) is 0. The van der Waals surface area contributed by atoms with Gasteiger partial charge in [-0.15, -0.1) is 0 Å². The van der Waals surface area contributed by atoms with E-state index in [0.29, 0.717) is 17.0 Å². The minimum absolute atomic E-state index is 0.118. The number of hydrogen-bond donors (Lipinski definition) is 4. The lowest BCUT2D eigenvalue weighted by Gasteiger charge is -2.22. The minimum Gasteiger partial charge on any atom is -0.394 e. The highest BCUT2D eigenvalue weighted by atomic mass is 16.6. The summed E-state index contributed by atoms with van der Waals surface area (Å²) in [6.07, 6.45) is 0.662. The molecular formula is C25H25N5O4. The van der Waals surface area contributed by atoms with E-state index in [1.165, 1.54) is 34.9 Å². The lowest BCUT2D eigenvalue weighted by Crippen LogP contribution is -2.33. The molecule has 0 saturated carbocycles. The van der Waals surface area contributed by atoms with E-state index in [-0.39, 0.29) is 6.04 Å². The lowest BCUT2D eigenvalue weighted by molar-refractivity contribution is -0.0511. The normalized spacial score (nSPS) is 24.6. The third-order valence-corrected chi connectivity index (χ3v) is 6.83. The van der Waals surface area contributed by atoms with Gasteiger partial charge >= 0.3 is 0 Å². The second-order valence-electron chi connectivity index (χ2n) is 8.75. The number of ether oxygens (including phenoxy) is 1. The van der Waals surface area contributed by atoms with E-state index in [0.717, 1.165) is 12.8 Å². The number of rotatable bonds is 4. The molecule has 4 N–H and O–H groups in total. The molecule has 1 fully saturated rings. The zero-order valence-corrected chi connectivity index (χ0v) is 18.3. The molecule has 3 heterocycles. The molecule has 34 heavy (non-hydrogen) atoms. The monoisotopic (exact) mass is 459 g/mol. The summed E-state index contributed by atoms with van der Waals surface area (Å²) in [6, 6.07) is 16.7. The fourth-order valence-electron chi connectivity index (χ4n) is 5.07. The standard InChI is InChI=1S/C25H25N5O4/c31-11-18-21(32)22(33)25(34-18)30-13-28-20-23(26-12-27-24(20)30)29-19-16-7-3-1-5-14(16)9-10-15-6-2-4-8-17(15)19/h1-8,12-13,18-19,21-22,25,31-33H,9-11H2,(H,26,27,29)/t18-,21-,22-,25-/m1/s1. The third-order valence-electron chi connectivity index (χ3n) is 6.83. The SMILES string of the molecule is OC[C@H]1O[C@@H](n2cnc3c(NC4c5ccccc5CCc5ccccc54)ncnc32)[C@H](O)[C@@H]1O. The molecule has 4 aromatic rings. The Balaban J connectivity index is 1.41. The molecule has 2 aromatic heterocycles. The summed E-state index contributed by atoms with van der Waals surface area (Å²) in [5, 5.41) is 33.7. The number of fused-ring (bicyclic) bond motifs is 3. The van der Waals surface area contributed by atoms with Crippen LogP contribution in [-0.4, -0.2) is 59.8 Å². The van der Waals surface area contributed by atoms with Gasteiger partial charge in [0, 0.05) is 0 Å². The average molecular weight is 460 g/mol. The average Bonchev–Trinajstić information content (AvgIpc) is 3.37. The predicted octanol–water partition coefficient (Wildman–Crippen LogP) is 1.74. The van der Waals surface area contributed by atoms with E-state index in [9.17, 15) is 15.3 Å². The van der Waals surface area contributed by atoms with E-state index in [1.807, 2.05) is 12.1 Å². The van der Waals surface area contributed by atoms with Crippen LogP contribution in [0.2, 0.25) is 0 Å². The summed E-state index contributed by atoms with van der Waals surface area (Å²) in [5.41, 5.74) is 5.96. The lowest BCUT2D eigenvalue weighted by atomic mass is 9.94. The fraction of sp³-hybridized carbons (Fsp3) is 0.320. The molecule has 4 atom stereocenters. The highest BCUT2D eigenvalue weighted by molar-refractivity contribution is 5.83. The van der Waals surface area contributed by atoms with Gasteiger partial charge in [-0.05, 0) is 35.1 Å². The molecule has 0 radical (unpaired) electrons. The predicted molar refractivity (Wildman–Crippen MR) is 124 cm³/mol. The number of aliphatic hydroxyl groups excluding tert-OH is 3. The van der Waals surface area contributed by atoms with Crippen LogP contribution in [-0.2, 0) is 17.6 Å². The van der Waals surface area contributed by atoms with Gasteiger partial charge in [0.25, 0.3) is 0 Å². The van der Waals surface area contributed by atoms with Crippen LogP contribution in [0.15, 0.2) is 61.2 Å². The second-order valence-corrected chi connectivity index (χ2v) is 8.75. The Labute approximate surface area is 195 Å². The number of aromatic nitrogens is 4. The van der Waals surface area contributed by atoms with Gasteiger partial charge in [-0.1, -0.05) is 48.5 Å². The van der Waals surface area contributed by atoms with Gasteiger partial charge in [0.2, 0.25) is 0 Å². The number of nitrogens with one attached hydrogen (secondary N) is 1. The highest BCUT2D eigenvalue weighted by Gasteiger charge is 2.44. The number of aliphatic hydroxyl groups is 3. The molecule has 0 unspecified atom stereocenters. The van der Waals surface area contributed by atoms with E-state index >= 15 is 0 Å². The Kier molecular flexibility index (Phi) is 5.26. The topological polar surface area (TPSA) is 126 Å². The summed E-state index contributed by atoms with van der Waals surface area (Å²) in [5.74, 6) is 0.562. The van der Waals surface area contributed by atoms with Crippen molar-refractivity contribution in [3.05, 3.63) is 83.4 Å². The first-order chi connectivity index (χ1) is 16.7. The molecule has 2 aromatic carbocycles. The number of anilines is 1. The Morgan fingerprint density at radius 3 is 2.24 bits per heavy atom. The van der Waals surface area contributed by atoms with Gasteiger partial charge < -0.3 is 25.4 Å². The van der Waals surface area contributed by atoms with Gasteiger partial charge in [-0.25, -0.2) is 15.0 Å². The molecule has 0 bridgehead atoms. The zero-order chi connectivity index (χ0) is 23.2. The molecule has 2 aliphatic rings. The van der Waals surface area contributed by atoms with Crippen LogP contribution < -0.4 is 5.32 Å². The second kappa shape index (κ2) is 8.44. The van der Waals surface area contributed by atoms with Gasteiger partial charge in [0.15, 0.2) is 23.2 Å². The summed E-state index contributed by atoms with van der Waals surface area (Å²) >= 11 is 0. The third kappa shape index (κ3) is 3.36. The number of hydrogen-bond acceptors (Lipinski definition) is 8. The molecule has 174 valence electrons. The van der Waals surface area contributed by atoms with Crippen molar-refractivity contribution in [3.8, 4) is 0 Å². The Morgan fingerprint density at radius 1 is 0.912 bits per heavy atom. The first-order valence-corrected chi connectivity index (χ1v) is 11.4. The van der Waals surface area contributed by atoms with Crippen LogP contribution in [0, 0.1) is 0 Å². The molecule has 9 nitrogen and oxygen atoms in total. The van der Waals surface area contributed by atoms with Crippen molar-refractivity contribution in [2.75, 3.05) is 11.9 Å². The Bertz CT molecular complexity index is 1290. The first-order valence-electron chi connectivity index (χ1n) is 11.4. The number of nitrogens with zero attached hydrogens (tertiary/aromatic N) is 4. The summed E-state index contributed by atoms with van der Waals surface area (Å²) in [6.45, 7) is -0.399. The summed E-state index contributed by atoms with van der Waals surface area (Å²) < 4.78 is 7.25. The quantitative estimate of drug-likeness (QED) is 0.364. The smallest absolute Gasteiger partial charge is 0.167 e. The van der Waals surface area contributed by atoms with Gasteiger partial charge in [0.1, 0.15) is 24.6 Å². The van der Waals surface area contributed by atoms with Gasteiger partial charge in [-0.2, -0.15) is 0 Å². The van der Waals surface area contributed by atoms with Crippen molar-refractivity contribution in [1.82, 2.24) is 19.5 Å². The van der Waals surface area contributed by atoms with Crippen LogP contribution in [0.5, 0.6) is 0 Å². The van der Waals surface area contributed by atoms with Crippen LogP contribution in [0.4, 0.5) is 5.82 Å². The van der Waals surface area contributed by atoms with Crippen molar-refractivity contribution in [1.29, 1.82) is 0 Å². The largest absolute Gasteiger partial charge is 0.394 e. The minimum atomic E-state index is -1.22. The molecule has 1 aliphatic carbocycles. The molecular weight excluding hydrogens is 434 g/mol. The molecule has 0 spiro atoms. The molecule has 1 aliphatic heterocycles. The molecule has 6 rings (SSSR count). The fourth-order valence-corrected chi connectivity index (χ4v) is 5.07. The molecule has 0 amide bonds. The number of benzene rings is 2. The Hall–Kier alpha value is -3.37. The van der Waals surface area contributed by atoms with Gasteiger partial charge in [0.05, 0.1) is 19.0 Å². The van der Waals surface area contributed by atoms with Crippen LogP contribution in [0.25, 0.3) is 11.2 Å². The Morgan fingerprint density at radius 2 is 1.59 bits per heavy atom. The van der Waals surface area contributed by atoms with Gasteiger partial charge in [-0.3, -0.25) is 4.57 Å². The van der Waals surface area contributed by atoms with Crippen molar-refractivity contribution < 1.29 is 20.1 Å². The van der Waals surface area contributed by atoms with E-state index < -0.39 is 31.1 Å². The van der Waals surface area contributed by atoms with Crippen molar-refractivity contribution in [3.63, 3.8) is 0 Å². The van der Waals surface area contributed by atoms with E-state index in [1.54, 1.807) is 4.57 Å².